The average Bonchev–Trinajstić information content (AvgIpc) is 3.19. The molecule has 1 unspecified atom stereocenters. The van der Waals surface area contributed by atoms with E-state index >= 15 is 0 Å². The van der Waals surface area contributed by atoms with Crippen LogP contribution in [-0.2, 0) is 6.42 Å². The van der Waals surface area contributed by atoms with E-state index in [9.17, 15) is 4.79 Å². The van der Waals surface area contributed by atoms with E-state index in [1.54, 1.807) is 5.51 Å². The van der Waals surface area contributed by atoms with Gasteiger partial charge in [0.25, 0.3) is 5.91 Å². The van der Waals surface area contributed by atoms with Gasteiger partial charge in [-0.3, -0.25) is 9.79 Å². The SMILES string of the molecule is CCNC(=NCCNC(=O)c1scnc1C)NC(C)Cc1ccc(C)s1.I. The first-order valence-electron chi connectivity index (χ1n) is 8.78. The van der Waals surface area contributed by atoms with E-state index in [1.807, 2.05) is 25.2 Å². The highest BCUT2D eigenvalue weighted by Gasteiger charge is 2.11. The highest BCUT2D eigenvalue weighted by molar-refractivity contribution is 14.0. The molecule has 2 aromatic heterocycles. The zero-order valence-corrected chi connectivity index (χ0v) is 20.1. The van der Waals surface area contributed by atoms with Crippen LogP contribution in [0.3, 0.4) is 0 Å². The van der Waals surface area contributed by atoms with Gasteiger partial charge in [0.05, 0.1) is 17.7 Å². The Morgan fingerprint density at radius 3 is 2.67 bits per heavy atom. The Morgan fingerprint density at radius 2 is 2.07 bits per heavy atom. The van der Waals surface area contributed by atoms with Crippen molar-refractivity contribution in [2.75, 3.05) is 19.6 Å². The fraction of sp³-hybridized carbons (Fsp3) is 0.500. The van der Waals surface area contributed by atoms with Crippen LogP contribution in [0, 0.1) is 13.8 Å². The molecule has 0 aromatic carbocycles. The minimum atomic E-state index is -0.0837. The summed E-state index contributed by atoms with van der Waals surface area (Å²) >= 11 is 3.19. The summed E-state index contributed by atoms with van der Waals surface area (Å²) in [5.41, 5.74) is 2.45. The number of rotatable bonds is 8. The van der Waals surface area contributed by atoms with Crippen LogP contribution in [0.2, 0.25) is 0 Å². The molecular formula is C18H28IN5OS2. The van der Waals surface area contributed by atoms with Crippen molar-refractivity contribution in [3.8, 4) is 0 Å². The van der Waals surface area contributed by atoms with E-state index in [4.69, 9.17) is 0 Å². The lowest BCUT2D eigenvalue weighted by Crippen LogP contribution is -2.43. The first-order valence-corrected chi connectivity index (χ1v) is 10.5. The van der Waals surface area contributed by atoms with Gasteiger partial charge in [0, 0.05) is 35.3 Å². The lowest BCUT2D eigenvalue weighted by Gasteiger charge is -2.17. The number of hydrogen-bond acceptors (Lipinski definition) is 5. The summed E-state index contributed by atoms with van der Waals surface area (Å²) in [5.74, 6) is 0.691. The number of guanidine groups is 1. The second kappa shape index (κ2) is 12.3. The number of carbonyl (C=O) groups is 1. The summed E-state index contributed by atoms with van der Waals surface area (Å²) in [6, 6.07) is 4.61. The zero-order valence-electron chi connectivity index (χ0n) is 16.2. The molecule has 6 nitrogen and oxygen atoms in total. The summed E-state index contributed by atoms with van der Waals surface area (Å²) in [4.78, 5) is 24.1. The maximum absolute atomic E-state index is 12.1. The molecule has 1 amide bonds. The quantitative estimate of drug-likeness (QED) is 0.216. The van der Waals surface area contributed by atoms with Gasteiger partial charge < -0.3 is 16.0 Å². The average molecular weight is 521 g/mol. The number of nitrogens with one attached hydrogen (secondary N) is 3. The molecule has 150 valence electrons. The Balaban J connectivity index is 0.00000364. The molecule has 0 spiro atoms. The van der Waals surface area contributed by atoms with Gasteiger partial charge in [-0.25, -0.2) is 4.98 Å². The van der Waals surface area contributed by atoms with Crippen molar-refractivity contribution >= 4 is 58.5 Å². The number of aliphatic imine (C=N–C) groups is 1. The molecule has 27 heavy (non-hydrogen) atoms. The number of hydrogen-bond donors (Lipinski definition) is 3. The molecule has 0 bridgehead atoms. The molecule has 0 aliphatic carbocycles. The molecule has 0 saturated carbocycles. The second-order valence-electron chi connectivity index (χ2n) is 6.05. The van der Waals surface area contributed by atoms with Crippen LogP contribution in [0.5, 0.6) is 0 Å². The molecule has 0 fully saturated rings. The Morgan fingerprint density at radius 1 is 1.30 bits per heavy atom. The molecule has 2 heterocycles. The van der Waals surface area contributed by atoms with E-state index in [2.05, 4.69) is 51.9 Å². The Bertz CT molecular complexity index is 744. The predicted molar refractivity (Wildman–Crippen MR) is 126 cm³/mol. The van der Waals surface area contributed by atoms with Gasteiger partial charge in [0.15, 0.2) is 5.96 Å². The molecule has 9 heteroatoms. The highest BCUT2D eigenvalue weighted by atomic mass is 127. The van der Waals surface area contributed by atoms with Crippen LogP contribution in [-0.4, -0.2) is 42.5 Å². The summed E-state index contributed by atoms with van der Waals surface area (Å²) in [5, 5.41) is 9.57. The predicted octanol–water partition coefficient (Wildman–Crippen LogP) is 3.36. The van der Waals surface area contributed by atoms with Crippen LogP contribution in [0.15, 0.2) is 22.6 Å². The van der Waals surface area contributed by atoms with Crippen LogP contribution < -0.4 is 16.0 Å². The number of amides is 1. The number of aryl methyl sites for hydroxylation is 2. The largest absolute Gasteiger partial charge is 0.357 e. The highest BCUT2D eigenvalue weighted by Crippen LogP contribution is 2.16. The number of carbonyl (C=O) groups excluding carboxylic acids is 1. The van der Waals surface area contributed by atoms with Crippen molar-refractivity contribution < 1.29 is 4.79 Å². The minimum absolute atomic E-state index is 0. The van der Waals surface area contributed by atoms with Crippen LogP contribution in [0.1, 0.15) is 39.0 Å². The Hall–Kier alpha value is -1.20. The fourth-order valence-corrected chi connectivity index (χ4v) is 4.18. The number of thiophene rings is 1. The molecule has 3 N–H and O–H groups in total. The van der Waals surface area contributed by atoms with E-state index < -0.39 is 0 Å². The van der Waals surface area contributed by atoms with Crippen molar-refractivity contribution in [3.63, 3.8) is 0 Å². The second-order valence-corrected chi connectivity index (χ2v) is 8.27. The number of thiazole rings is 1. The topological polar surface area (TPSA) is 78.4 Å². The number of aromatic nitrogens is 1. The van der Waals surface area contributed by atoms with Gasteiger partial charge in [-0.05, 0) is 39.8 Å². The van der Waals surface area contributed by atoms with Crippen molar-refractivity contribution in [2.24, 2.45) is 4.99 Å². The standard InChI is InChI=1S/C18H27N5OS2.HI/c1-5-19-18(23-12(2)10-15-7-6-13(3)26-15)21-9-8-20-17(24)16-14(4)22-11-25-16;/h6-7,11-12H,5,8-10H2,1-4H3,(H,20,24)(H2,19,21,23);1H. The first-order chi connectivity index (χ1) is 12.5. The molecule has 0 radical (unpaired) electrons. The van der Waals surface area contributed by atoms with Crippen molar-refractivity contribution in [2.45, 2.75) is 40.2 Å². The van der Waals surface area contributed by atoms with Crippen molar-refractivity contribution in [1.82, 2.24) is 20.9 Å². The monoisotopic (exact) mass is 521 g/mol. The van der Waals surface area contributed by atoms with Gasteiger partial charge in [-0.1, -0.05) is 0 Å². The van der Waals surface area contributed by atoms with E-state index in [1.165, 1.54) is 21.1 Å². The summed E-state index contributed by atoms with van der Waals surface area (Å²) in [7, 11) is 0. The van der Waals surface area contributed by atoms with Gasteiger partial charge in [-0.2, -0.15) is 0 Å². The fourth-order valence-electron chi connectivity index (χ4n) is 2.44. The third-order valence-electron chi connectivity index (χ3n) is 3.65. The molecule has 2 rings (SSSR count). The maximum Gasteiger partial charge on any atom is 0.263 e. The van der Waals surface area contributed by atoms with E-state index in [-0.39, 0.29) is 35.9 Å². The number of halogens is 1. The molecule has 0 aliphatic rings. The Labute approximate surface area is 186 Å². The van der Waals surface area contributed by atoms with Gasteiger partial charge in [0.2, 0.25) is 0 Å². The van der Waals surface area contributed by atoms with E-state index in [0.717, 1.165) is 24.6 Å². The summed E-state index contributed by atoms with van der Waals surface area (Å²) in [6.45, 7) is 9.96. The summed E-state index contributed by atoms with van der Waals surface area (Å²) < 4.78 is 0. The molecule has 2 aromatic rings. The smallest absolute Gasteiger partial charge is 0.263 e. The van der Waals surface area contributed by atoms with Crippen LogP contribution in [0.4, 0.5) is 0 Å². The van der Waals surface area contributed by atoms with Crippen LogP contribution in [0.25, 0.3) is 0 Å². The van der Waals surface area contributed by atoms with Crippen molar-refractivity contribution in [1.29, 1.82) is 0 Å². The lowest BCUT2D eigenvalue weighted by atomic mass is 10.2. The molecular weight excluding hydrogens is 493 g/mol. The van der Waals surface area contributed by atoms with Crippen LogP contribution >= 0.6 is 46.7 Å². The van der Waals surface area contributed by atoms with Crippen molar-refractivity contribution in [3.05, 3.63) is 38.0 Å². The lowest BCUT2D eigenvalue weighted by molar-refractivity contribution is 0.0958. The van der Waals surface area contributed by atoms with E-state index in [0.29, 0.717) is 18.0 Å². The zero-order chi connectivity index (χ0) is 18.9. The minimum Gasteiger partial charge on any atom is -0.357 e. The Kier molecular flexibility index (Phi) is 10.9. The summed E-state index contributed by atoms with van der Waals surface area (Å²) in [6.07, 6.45) is 0.963. The molecule has 0 aliphatic heterocycles. The normalized spacial score (nSPS) is 12.2. The molecule has 1 atom stereocenters. The van der Waals surface area contributed by atoms with Gasteiger partial charge in [-0.15, -0.1) is 46.7 Å². The first kappa shape index (κ1) is 23.8. The maximum atomic E-state index is 12.1. The third-order valence-corrected chi connectivity index (χ3v) is 5.60. The van der Waals surface area contributed by atoms with Gasteiger partial charge >= 0.3 is 0 Å². The number of nitrogens with zero attached hydrogens (tertiary/aromatic N) is 2. The third kappa shape index (κ3) is 8.14. The van der Waals surface area contributed by atoms with Gasteiger partial charge in [0.1, 0.15) is 4.88 Å². The molecule has 0 saturated heterocycles.